The van der Waals surface area contributed by atoms with Gasteiger partial charge in [0.1, 0.15) is 0 Å². The molecule has 0 rings (SSSR count). The van der Waals surface area contributed by atoms with Gasteiger partial charge in [-0.3, -0.25) is 0 Å². The Morgan fingerprint density at radius 3 is 1.50 bits per heavy atom. The van der Waals surface area contributed by atoms with Gasteiger partial charge in [-0.25, -0.2) is 0 Å². The second kappa shape index (κ2) is 19.4. The molecule has 0 spiro atoms. The Balaban J connectivity index is 0. The fourth-order valence-corrected chi connectivity index (χ4v) is 11.2. The van der Waals surface area contributed by atoms with E-state index in [1.54, 1.807) is 13.3 Å². The summed E-state index contributed by atoms with van der Waals surface area (Å²) in [7, 11) is 0. The van der Waals surface area contributed by atoms with E-state index < -0.39 is 19.8 Å². The second-order valence-corrected chi connectivity index (χ2v) is 13.1. The average Bonchev–Trinajstić information content (AvgIpc) is 2.39. The summed E-state index contributed by atoms with van der Waals surface area (Å²) < 4.78 is 5.04. The van der Waals surface area contributed by atoms with Crippen LogP contribution in [0.25, 0.3) is 0 Å². The standard InChI is InChI=1S/3C4H9.C3H5NO.Sn/c3*1-3-4-2;1-2-3-4-5;/h3*1,3-4H2,2H3;2-3,5H,1H2;/b;;;4-3+;. The van der Waals surface area contributed by atoms with Crippen molar-refractivity contribution in [2.24, 2.45) is 5.16 Å². The number of nitrogens with zero attached hydrogens (tertiary/aromatic N) is 1. The molecule has 3 heteroatoms. The fraction of sp³-hybridized carbons (Fsp3) is 0.800. The zero-order valence-electron chi connectivity index (χ0n) is 12.6. The van der Waals surface area contributed by atoms with Crippen molar-refractivity contribution in [3.8, 4) is 0 Å². The summed E-state index contributed by atoms with van der Waals surface area (Å²) in [5, 5.41) is 10.2. The van der Waals surface area contributed by atoms with E-state index in [4.69, 9.17) is 5.21 Å². The zero-order valence-corrected chi connectivity index (χ0v) is 15.5. The molecule has 2 nitrogen and oxygen atoms in total. The van der Waals surface area contributed by atoms with Crippen LogP contribution in [0.2, 0.25) is 13.3 Å². The van der Waals surface area contributed by atoms with Crippen molar-refractivity contribution in [2.45, 2.75) is 72.6 Å². The molecule has 0 aliphatic rings. The van der Waals surface area contributed by atoms with E-state index in [2.05, 4.69) is 32.5 Å². The number of allylic oxidation sites excluding steroid dienone is 1. The van der Waals surface area contributed by atoms with Crippen LogP contribution >= 0.6 is 0 Å². The van der Waals surface area contributed by atoms with Gasteiger partial charge in [0.2, 0.25) is 0 Å². The van der Waals surface area contributed by atoms with Crippen LogP contribution < -0.4 is 0 Å². The molecule has 0 aliphatic heterocycles. The summed E-state index contributed by atoms with van der Waals surface area (Å²) >= 11 is -0.839. The molecule has 107 valence electrons. The molecule has 1 N–H and O–H groups in total. The summed E-state index contributed by atoms with van der Waals surface area (Å²) in [4.78, 5) is 0. The molecule has 0 saturated heterocycles. The van der Waals surface area contributed by atoms with E-state index in [0.29, 0.717) is 0 Å². The van der Waals surface area contributed by atoms with Crippen molar-refractivity contribution in [1.29, 1.82) is 0 Å². The molecule has 0 saturated carbocycles. The van der Waals surface area contributed by atoms with Gasteiger partial charge in [-0.15, -0.1) is 0 Å². The van der Waals surface area contributed by atoms with Crippen LogP contribution in [0.3, 0.4) is 0 Å². The zero-order chi connectivity index (χ0) is 14.1. The summed E-state index contributed by atoms with van der Waals surface area (Å²) in [6, 6.07) is 0. The Bertz CT molecular complexity index is 164. The monoisotopic (exact) mass is 362 g/mol. The molecular formula is C15H32NOSn. The fourth-order valence-electron chi connectivity index (χ4n) is 1.70. The van der Waals surface area contributed by atoms with Crippen LogP contribution in [0, 0.1) is 0 Å². The van der Waals surface area contributed by atoms with Crippen molar-refractivity contribution in [1.82, 2.24) is 0 Å². The van der Waals surface area contributed by atoms with E-state index in [9.17, 15) is 0 Å². The summed E-state index contributed by atoms with van der Waals surface area (Å²) in [5.41, 5.74) is 0. The number of hydrogen-bond acceptors (Lipinski definition) is 2. The third-order valence-electron chi connectivity index (χ3n) is 2.82. The molecular weight excluding hydrogens is 329 g/mol. The Kier molecular flexibility index (Phi) is 21.9. The number of rotatable bonds is 10. The van der Waals surface area contributed by atoms with Crippen LogP contribution in [0.1, 0.15) is 59.3 Å². The van der Waals surface area contributed by atoms with Gasteiger partial charge in [0, 0.05) is 0 Å². The number of unbranched alkanes of at least 4 members (excludes halogenated alkanes) is 3. The second-order valence-electron chi connectivity index (χ2n) is 4.56. The first-order chi connectivity index (χ1) is 8.76. The molecule has 0 aromatic carbocycles. The normalized spacial score (nSPS) is 10.4. The first-order valence-electron chi connectivity index (χ1n) is 7.38. The predicted octanol–water partition coefficient (Wildman–Crippen LogP) is 5.51. The molecule has 0 atom stereocenters. The van der Waals surface area contributed by atoms with Crippen LogP contribution in [0.4, 0.5) is 0 Å². The van der Waals surface area contributed by atoms with Crippen molar-refractivity contribution < 1.29 is 5.21 Å². The molecule has 0 amide bonds. The summed E-state index contributed by atoms with van der Waals surface area (Å²) in [5.74, 6) is 0. The Morgan fingerprint density at radius 2 is 1.33 bits per heavy atom. The van der Waals surface area contributed by atoms with E-state index >= 15 is 0 Å². The quantitative estimate of drug-likeness (QED) is 0.237. The summed E-state index contributed by atoms with van der Waals surface area (Å²) in [6.07, 6.45) is 11.4. The van der Waals surface area contributed by atoms with Gasteiger partial charge in [0.25, 0.3) is 0 Å². The predicted molar refractivity (Wildman–Crippen MR) is 85.4 cm³/mol. The Labute approximate surface area is 121 Å². The molecule has 0 heterocycles. The third-order valence-corrected chi connectivity index (χ3v) is 11.9. The van der Waals surface area contributed by atoms with Crippen LogP contribution in [-0.4, -0.2) is 31.2 Å². The molecule has 0 aliphatic carbocycles. The molecule has 0 unspecified atom stereocenters. The van der Waals surface area contributed by atoms with Gasteiger partial charge in [-0.1, -0.05) is 11.7 Å². The average molecular weight is 361 g/mol. The third kappa shape index (κ3) is 18.4. The van der Waals surface area contributed by atoms with E-state index in [-0.39, 0.29) is 0 Å². The summed E-state index contributed by atoms with van der Waals surface area (Å²) in [6.45, 7) is 10.2. The Morgan fingerprint density at radius 1 is 0.944 bits per heavy atom. The van der Waals surface area contributed by atoms with Gasteiger partial charge in [-0.05, 0) is 6.08 Å². The molecule has 0 fully saturated rings. The SMILES string of the molecule is C=C/C=N/O.CCC[CH2][Sn]([CH2]CCC)[CH2]CCC. The van der Waals surface area contributed by atoms with Crippen LogP contribution in [0.5, 0.6) is 0 Å². The van der Waals surface area contributed by atoms with Crippen molar-refractivity contribution >= 4 is 26.0 Å². The van der Waals surface area contributed by atoms with Crippen LogP contribution in [0.15, 0.2) is 17.8 Å². The topological polar surface area (TPSA) is 32.6 Å². The number of oxime groups is 1. The molecule has 0 aromatic heterocycles. The van der Waals surface area contributed by atoms with Crippen molar-refractivity contribution in [3.63, 3.8) is 0 Å². The molecule has 0 bridgehead atoms. The van der Waals surface area contributed by atoms with E-state index in [1.807, 2.05) is 0 Å². The number of hydrogen-bond donors (Lipinski definition) is 1. The van der Waals surface area contributed by atoms with Gasteiger partial charge in [0.05, 0.1) is 6.21 Å². The van der Waals surface area contributed by atoms with Gasteiger partial charge < -0.3 is 5.21 Å². The minimum atomic E-state index is -0.839. The minimum absolute atomic E-state index is 0.839. The van der Waals surface area contributed by atoms with Gasteiger partial charge >= 0.3 is 92.4 Å². The maximum atomic E-state index is 7.56. The van der Waals surface area contributed by atoms with E-state index in [0.717, 1.165) is 0 Å². The molecule has 18 heavy (non-hydrogen) atoms. The Hall–Kier alpha value is 0.00870. The molecule has 0 aromatic rings. The van der Waals surface area contributed by atoms with Crippen LogP contribution in [-0.2, 0) is 0 Å². The first-order valence-corrected chi connectivity index (χ1v) is 13.4. The molecule has 1 radical (unpaired) electrons. The maximum absolute atomic E-state index is 7.56. The van der Waals surface area contributed by atoms with Gasteiger partial charge in [0.15, 0.2) is 0 Å². The van der Waals surface area contributed by atoms with Gasteiger partial charge in [-0.2, -0.15) is 0 Å². The van der Waals surface area contributed by atoms with Crippen molar-refractivity contribution in [2.75, 3.05) is 0 Å². The first kappa shape index (κ1) is 20.3. The van der Waals surface area contributed by atoms with Crippen molar-refractivity contribution in [3.05, 3.63) is 12.7 Å². The van der Waals surface area contributed by atoms with E-state index in [1.165, 1.54) is 50.8 Å².